The normalized spacial score (nSPS) is 21.5. The molecule has 0 radical (unpaired) electrons. The summed E-state index contributed by atoms with van der Waals surface area (Å²) in [6, 6.07) is 6.00. The summed E-state index contributed by atoms with van der Waals surface area (Å²) in [6.45, 7) is 10.8. The zero-order valence-corrected chi connectivity index (χ0v) is 23.2. The van der Waals surface area contributed by atoms with Crippen LogP contribution in [-0.2, 0) is 22.0 Å². The van der Waals surface area contributed by atoms with Crippen LogP contribution in [0, 0.1) is 0 Å². The Morgan fingerprint density at radius 3 is 2.44 bits per heavy atom. The van der Waals surface area contributed by atoms with Gasteiger partial charge in [-0.3, -0.25) is 9.59 Å². The Hall–Kier alpha value is -2.27. The Morgan fingerprint density at radius 2 is 1.83 bits per heavy atom. The van der Waals surface area contributed by atoms with E-state index >= 15 is 0 Å². The molecule has 1 fully saturated rings. The molecular weight excluding hydrogens is 496 g/mol. The van der Waals surface area contributed by atoms with Crippen molar-refractivity contribution in [2.24, 2.45) is 5.73 Å². The minimum absolute atomic E-state index is 0.00697. The lowest BCUT2D eigenvalue weighted by Crippen LogP contribution is -2.55. The first-order chi connectivity index (χ1) is 16.8. The number of thiophene rings is 1. The van der Waals surface area contributed by atoms with E-state index in [4.69, 9.17) is 5.73 Å². The van der Waals surface area contributed by atoms with Gasteiger partial charge in [-0.2, -0.15) is 4.31 Å². The van der Waals surface area contributed by atoms with Crippen molar-refractivity contribution in [3.8, 4) is 0 Å². The van der Waals surface area contributed by atoms with Crippen molar-refractivity contribution in [3.05, 3.63) is 45.8 Å². The van der Waals surface area contributed by atoms with Gasteiger partial charge in [0.05, 0.1) is 10.5 Å². The molecule has 1 saturated heterocycles. The van der Waals surface area contributed by atoms with Crippen molar-refractivity contribution in [2.75, 3.05) is 11.9 Å². The minimum Gasteiger partial charge on any atom is -0.365 e. The predicted molar refractivity (Wildman–Crippen MR) is 143 cm³/mol. The van der Waals surface area contributed by atoms with Gasteiger partial charge in [-0.25, -0.2) is 8.42 Å². The number of nitrogens with two attached hydrogens (primary N) is 1. The third kappa shape index (κ3) is 4.96. The number of carbonyl (C=O) groups is 2. The van der Waals surface area contributed by atoms with Crippen molar-refractivity contribution in [1.29, 1.82) is 0 Å². The first-order valence-corrected chi connectivity index (χ1v) is 14.7. The summed E-state index contributed by atoms with van der Waals surface area (Å²) in [5.74, 6) is -1.00. The monoisotopic (exact) mass is 532 g/mol. The number of rotatable bonds is 6. The summed E-state index contributed by atoms with van der Waals surface area (Å²) in [6.07, 6.45) is 4.14. The highest BCUT2D eigenvalue weighted by Gasteiger charge is 2.41. The second-order valence-electron chi connectivity index (χ2n) is 10.9. The quantitative estimate of drug-likeness (QED) is 0.514. The lowest BCUT2D eigenvalue weighted by molar-refractivity contribution is 0.0999. The Kier molecular flexibility index (Phi) is 7.11. The van der Waals surface area contributed by atoms with Crippen LogP contribution in [0.15, 0.2) is 29.2 Å². The molecule has 4 rings (SSSR count). The van der Waals surface area contributed by atoms with Gasteiger partial charge in [0.1, 0.15) is 5.00 Å². The molecule has 4 N–H and O–H groups in total. The summed E-state index contributed by atoms with van der Waals surface area (Å²) in [5, 5.41) is 6.87. The molecule has 0 bridgehead atoms. The number of benzene rings is 1. The molecule has 8 nitrogen and oxygen atoms in total. The predicted octanol–water partition coefficient (Wildman–Crippen LogP) is 4.21. The van der Waals surface area contributed by atoms with Crippen molar-refractivity contribution in [1.82, 2.24) is 9.62 Å². The summed E-state index contributed by atoms with van der Waals surface area (Å²) < 4.78 is 28.1. The number of primary amides is 1. The molecule has 0 aliphatic carbocycles. The van der Waals surface area contributed by atoms with Crippen molar-refractivity contribution in [3.63, 3.8) is 0 Å². The number of amides is 2. The van der Waals surface area contributed by atoms with Crippen LogP contribution in [-0.4, -0.2) is 42.7 Å². The second-order valence-corrected chi connectivity index (χ2v) is 13.9. The zero-order valence-electron chi connectivity index (χ0n) is 21.6. The number of anilines is 1. The maximum absolute atomic E-state index is 13.2. The van der Waals surface area contributed by atoms with Crippen LogP contribution in [0.1, 0.15) is 91.5 Å². The van der Waals surface area contributed by atoms with E-state index in [2.05, 4.69) is 24.5 Å². The number of nitrogens with one attached hydrogen (secondary N) is 2. The van der Waals surface area contributed by atoms with Crippen LogP contribution in [0.25, 0.3) is 0 Å². The van der Waals surface area contributed by atoms with Crippen LogP contribution in [0.3, 0.4) is 0 Å². The average Bonchev–Trinajstić information content (AvgIpc) is 3.16. The highest BCUT2D eigenvalue weighted by atomic mass is 32.2. The average molecular weight is 533 g/mol. The van der Waals surface area contributed by atoms with Gasteiger partial charge in [-0.15, -0.1) is 11.3 Å². The van der Waals surface area contributed by atoms with Gasteiger partial charge in [0, 0.05) is 34.1 Å². The van der Waals surface area contributed by atoms with E-state index < -0.39 is 27.4 Å². The Bertz CT molecular complexity index is 1280. The van der Waals surface area contributed by atoms with Crippen molar-refractivity contribution >= 4 is 38.2 Å². The molecular formula is C26H36N4O4S2. The van der Waals surface area contributed by atoms with Gasteiger partial charge in [0.15, 0.2) is 0 Å². The van der Waals surface area contributed by atoms with Crippen molar-refractivity contribution in [2.45, 2.75) is 88.7 Å². The lowest BCUT2D eigenvalue weighted by Gasteiger charge is -2.42. The fraction of sp³-hybridized carbons (Fsp3) is 0.538. The molecule has 2 aromatic rings. The van der Waals surface area contributed by atoms with E-state index in [0.717, 1.165) is 36.1 Å². The van der Waals surface area contributed by atoms with E-state index in [0.29, 0.717) is 29.1 Å². The summed E-state index contributed by atoms with van der Waals surface area (Å²) in [4.78, 5) is 26.7. The SMILES string of the molecule is CCC1CCCCN1S(=O)(=O)c1ccc(C(=O)Nc2sc3c(c2C(N)=O)CC(C)(C)NC3(C)C)cc1. The Morgan fingerprint density at radius 1 is 1.17 bits per heavy atom. The molecule has 0 spiro atoms. The van der Waals surface area contributed by atoms with Crippen LogP contribution in [0.2, 0.25) is 0 Å². The van der Waals surface area contributed by atoms with Gasteiger partial charge < -0.3 is 16.4 Å². The molecule has 10 heteroatoms. The molecule has 196 valence electrons. The molecule has 0 saturated carbocycles. The Labute approximate surface area is 217 Å². The molecule has 2 amide bonds. The van der Waals surface area contributed by atoms with Crippen molar-refractivity contribution < 1.29 is 18.0 Å². The summed E-state index contributed by atoms with van der Waals surface area (Å²) in [7, 11) is -3.63. The molecule has 1 atom stereocenters. The molecule has 1 unspecified atom stereocenters. The number of sulfonamides is 1. The zero-order chi connectivity index (χ0) is 26.5. The first kappa shape index (κ1) is 26.8. The number of carbonyl (C=O) groups excluding carboxylic acids is 2. The van der Waals surface area contributed by atoms with Crippen LogP contribution in [0.4, 0.5) is 5.00 Å². The topological polar surface area (TPSA) is 122 Å². The summed E-state index contributed by atoms with van der Waals surface area (Å²) in [5.41, 5.74) is 6.65. The largest absolute Gasteiger partial charge is 0.365 e. The highest BCUT2D eigenvalue weighted by Crippen LogP contribution is 2.45. The first-order valence-electron chi connectivity index (χ1n) is 12.5. The second kappa shape index (κ2) is 9.55. The van der Waals surface area contributed by atoms with Gasteiger partial charge in [-0.1, -0.05) is 13.3 Å². The maximum atomic E-state index is 13.2. The minimum atomic E-state index is -3.63. The number of nitrogens with zero attached hydrogens (tertiary/aromatic N) is 1. The van der Waals surface area contributed by atoms with E-state index in [1.807, 2.05) is 20.8 Å². The van der Waals surface area contributed by atoms with Crippen LogP contribution < -0.4 is 16.4 Å². The third-order valence-corrected chi connectivity index (χ3v) is 10.5. The smallest absolute Gasteiger partial charge is 0.256 e. The van der Waals surface area contributed by atoms with Crippen LogP contribution >= 0.6 is 11.3 Å². The van der Waals surface area contributed by atoms with E-state index in [1.165, 1.54) is 35.6 Å². The number of hydrogen-bond donors (Lipinski definition) is 3. The van der Waals surface area contributed by atoms with Crippen LogP contribution in [0.5, 0.6) is 0 Å². The number of hydrogen-bond acceptors (Lipinski definition) is 6. The molecule has 1 aromatic heterocycles. The van der Waals surface area contributed by atoms with Gasteiger partial charge >= 0.3 is 0 Å². The molecule has 3 heterocycles. The molecule has 1 aromatic carbocycles. The fourth-order valence-electron chi connectivity index (χ4n) is 5.66. The summed E-state index contributed by atoms with van der Waals surface area (Å²) >= 11 is 1.35. The molecule has 2 aliphatic heterocycles. The maximum Gasteiger partial charge on any atom is 0.256 e. The van der Waals surface area contributed by atoms with E-state index in [-0.39, 0.29) is 16.5 Å². The standard InChI is InChI=1S/C26H36N4O4S2/c1-6-17-9-7-8-14-30(17)36(33,34)18-12-10-16(11-13-18)23(32)28-24-20(22(27)31)19-15-25(2,3)29-26(4,5)21(19)35-24/h10-13,17,29H,6-9,14-15H2,1-5H3,(H2,27,31)(H,28,32). The molecule has 36 heavy (non-hydrogen) atoms. The van der Waals surface area contributed by atoms with Gasteiger partial charge in [0.2, 0.25) is 10.0 Å². The third-order valence-electron chi connectivity index (χ3n) is 7.09. The number of fused-ring (bicyclic) bond motifs is 1. The van der Waals surface area contributed by atoms with E-state index in [1.54, 1.807) is 4.31 Å². The molecule has 2 aliphatic rings. The van der Waals surface area contributed by atoms with Gasteiger partial charge in [0.25, 0.3) is 11.8 Å². The highest BCUT2D eigenvalue weighted by molar-refractivity contribution is 7.89. The lowest BCUT2D eigenvalue weighted by atomic mass is 9.81. The fourth-order valence-corrected chi connectivity index (χ4v) is 8.71. The van der Waals surface area contributed by atoms with E-state index in [9.17, 15) is 18.0 Å². The number of piperidine rings is 1. The Balaban J connectivity index is 1.60. The van der Waals surface area contributed by atoms with Gasteiger partial charge in [-0.05, 0) is 83.2 Å².